The van der Waals surface area contributed by atoms with Gasteiger partial charge in [-0.25, -0.2) is 0 Å². The molecule has 0 N–H and O–H groups in total. The van der Waals surface area contributed by atoms with Crippen LogP contribution in [0, 0.1) is 0 Å². The predicted molar refractivity (Wildman–Crippen MR) is 89.7 cm³/mol. The fraction of sp³-hybridized carbons (Fsp3) is 0.529. The van der Waals surface area contributed by atoms with Gasteiger partial charge in [-0.3, -0.25) is 9.59 Å². The van der Waals surface area contributed by atoms with Gasteiger partial charge < -0.3 is 14.4 Å². The molecule has 0 aliphatic carbocycles. The van der Waals surface area contributed by atoms with Crippen LogP contribution in [0.3, 0.4) is 0 Å². The maximum atomic E-state index is 12.4. The molecule has 1 aliphatic heterocycles. The van der Waals surface area contributed by atoms with Gasteiger partial charge in [0.05, 0.1) is 0 Å². The molecule has 1 saturated heterocycles. The molecular weight excluding hydrogens is 314 g/mol. The normalized spacial score (nSPS) is 16.7. The van der Waals surface area contributed by atoms with Crippen LogP contribution in [0.4, 0.5) is 0 Å². The topological polar surface area (TPSA) is 55.8 Å². The van der Waals surface area contributed by atoms with Crippen molar-refractivity contribution >= 4 is 23.6 Å². The average molecular weight is 337 g/mol. The van der Waals surface area contributed by atoms with Crippen molar-refractivity contribution in [2.24, 2.45) is 0 Å². The second kappa shape index (κ2) is 8.24. The summed E-state index contributed by atoms with van der Waals surface area (Å²) in [7, 11) is 0. The average Bonchev–Trinajstić information content (AvgIpc) is 2.55. The van der Waals surface area contributed by atoms with Gasteiger partial charge in [0, 0.05) is 37.8 Å². The Kier molecular flexibility index (Phi) is 6.33. The summed E-state index contributed by atoms with van der Waals surface area (Å²) in [6.45, 7) is 4.37. The van der Waals surface area contributed by atoms with Gasteiger partial charge in [-0.1, -0.05) is 0 Å². The third-order valence-corrected chi connectivity index (χ3v) is 4.55. The Labute approximate surface area is 141 Å². The van der Waals surface area contributed by atoms with E-state index >= 15 is 0 Å². The van der Waals surface area contributed by atoms with Crippen LogP contribution in [0.5, 0.6) is 5.75 Å². The van der Waals surface area contributed by atoms with Crippen LogP contribution in [-0.2, 0) is 14.3 Å². The highest BCUT2D eigenvalue weighted by molar-refractivity contribution is 7.98. The summed E-state index contributed by atoms with van der Waals surface area (Å²) in [4.78, 5) is 26.3. The zero-order valence-electron chi connectivity index (χ0n) is 13.8. The monoisotopic (exact) mass is 337 g/mol. The zero-order valence-corrected chi connectivity index (χ0v) is 14.6. The lowest BCUT2D eigenvalue weighted by atomic mass is 10.1. The molecular formula is C17H23NO4S. The van der Waals surface area contributed by atoms with E-state index in [9.17, 15) is 9.59 Å². The van der Waals surface area contributed by atoms with Crippen molar-refractivity contribution in [2.75, 3.05) is 19.3 Å². The number of benzene rings is 1. The number of rotatable bonds is 5. The van der Waals surface area contributed by atoms with Crippen LogP contribution in [0.2, 0.25) is 0 Å². The molecule has 6 heteroatoms. The Morgan fingerprint density at radius 1 is 1.22 bits per heavy atom. The van der Waals surface area contributed by atoms with E-state index in [1.165, 1.54) is 6.92 Å². The molecule has 2 rings (SSSR count). The maximum absolute atomic E-state index is 12.4. The molecule has 0 radical (unpaired) electrons. The first-order valence-corrected chi connectivity index (χ1v) is 8.98. The maximum Gasteiger partial charge on any atom is 0.302 e. The Balaban J connectivity index is 1.84. The SMILES string of the molecule is CSc1ccc(O[C@@H](C)C(=O)N2CCC(OC(C)=O)CC2)cc1. The minimum atomic E-state index is -0.527. The van der Waals surface area contributed by atoms with E-state index in [1.807, 2.05) is 30.5 Å². The second-order valence-corrected chi connectivity index (χ2v) is 6.45. The molecule has 0 spiro atoms. The first-order chi connectivity index (χ1) is 11.0. The van der Waals surface area contributed by atoms with Gasteiger partial charge in [-0.2, -0.15) is 0 Å². The van der Waals surface area contributed by atoms with Crippen molar-refractivity contribution in [3.8, 4) is 5.75 Å². The largest absolute Gasteiger partial charge is 0.481 e. The van der Waals surface area contributed by atoms with Gasteiger partial charge in [0.15, 0.2) is 6.10 Å². The van der Waals surface area contributed by atoms with Crippen LogP contribution in [0.25, 0.3) is 0 Å². The van der Waals surface area contributed by atoms with Crippen LogP contribution in [0.15, 0.2) is 29.2 Å². The number of nitrogens with zero attached hydrogens (tertiary/aromatic N) is 1. The second-order valence-electron chi connectivity index (χ2n) is 5.57. The number of thioether (sulfide) groups is 1. The summed E-state index contributed by atoms with van der Waals surface area (Å²) >= 11 is 1.66. The molecule has 1 atom stereocenters. The molecule has 1 aromatic carbocycles. The molecule has 5 nitrogen and oxygen atoms in total. The Hall–Kier alpha value is -1.69. The summed E-state index contributed by atoms with van der Waals surface area (Å²) in [6.07, 6.45) is 2.77. The van der Waals surface area contributed by atoms with Crippen LogP contribution in [0.1, 0.15) is 26.7 Å². The first kappa shape index (κ1) is 17.7. The van der Waals surface area contributed by atoms with E-state index in [2.05, 4.69) is 0 Å². The Morgan fingerprint density at radius 2 is 1.83 bits per heavy atom. The van der Waals surface area contributed by atoms with Crippen molar-refractivity contribution in [3.05, 3.63) is 24.3 Å². The number of amides is 1. The minimum Gasteiger partial charge on any atom is -0.481 e. The number of ether oxygens (including phenoxy) is 2. The Morgan fingerprint density at radius 3 is 2.35 bits per heavy atom. The number of piperidine rings is 1. The highest BCUT2D eigenvalue weighted by Crippen LogP contribution is 2.21. The highest BCUT2D eigenvalue weighted by atomic mass is 32.2. The number of hydrogen-bond donors (Lipinski definition) is 0. The predicted octanol–water partition coefficient (Wildman–Crippen LogP) is 2.73. The van der Waals surface area contributed by atoms with Crippen molar-refractivity contribution in [2.45, 2.75) is 43.8 Å². The number of carbonyl (C=O) groups is 2. The lowest BCUT2D eigenvalue weighted by Gasteiger charge is -2.33. The van der Waals surface area contributed by atoms with Gasteiger partial charge in [0.2, 0.25) is 0 Å². The minimum absolute atomic E-state index is 0.0276. The molecule has 0 unspecified atom stereocenters. The molecule has 1 aliphatic rings. The lowest BCUT2D eigenvalue weighted by molar-refractivity contribution is -0.150. The lowest BCUT2D eigenvalue weighted by Crippen LogP contribution is -2.46. The van der Waals surface area contributed by atoms with Crippen molar-refractivity contribution in [3.63, 3.8) is 0 Å². The van der Waals surface area contributed by atoms with E-state index in [4.69, 9.17) is 9.47 Å². The molecule has 1 aromatic rings. The summed E-state index contributed by atoms with van der Waals surface area (Å²) < 4.78 is 10.9. The fourth-order valence-electron chi connectivity index (χ4n) is 2.59. The summed E-state index contributed by atoms with van der Waals surface area (Å²) in [5.74, 6) is 0.402. The first-order valence-electron chi connectivity index (χ1n) is 7.76. The van der Waals surface area contributed by atoms with E-state index in [1.54, 1.807) is 23.6 Å². The Bertz CT molecular complexity index is 538. The molecule has 1 fully saturated rings. The standard InChI is InChI=1S/C17H23NO4S/c1-12(21-14-4-6-16(23-3)7-5-14)17(20)18-10-8-15(9-11-18)22-13(2)19/h4-7,12,15H,8-11H2,1-3H3/t12-/m0/s1. The van der Waals surface area contributed by atoms with Crippen molar-refractivity contribution in [1.82, 2.24) is 4.90 Å². The zero-order chi connectivity index (χ0) is 16.8. The summed E-state index contributed by atoms with van der Waals surface area (Å²) in [5.41, 5.74) is 0. The quantitative estimate of drug-likeness (QED) is 0.611. The molecule has 1 amide bonds. The number of esters is 1. The molecule has 23 heavy (non-hydrogen) atoms. The van der Waals surface area contributed by atoms with E-state index < -0.39 is 6.10 Å². The van der Waals surface area contributed by atoms with E-state index in [-0.39, 0.29) is 18.0 Å². The molecule has 0 bridgehead atoms. The third kappa shape index (κ3) is 5.16. The third-order valence-electron chi connectivity index (χ3n) is 3.81. The number of likely N-dealkylation sites (tertiary alicyclic amines) is 1. The fourth-order valence-corrected chi connectivity index (χ4v) is 3.00. The summed E-state index contributed by atoms with van der Waals surface area (Å²) in [6, 6.07) is 7.70. The summed E-state index contributed by atoms with van der Waals surface area (Å²) in [5, 5.41) is 0. The van der Waals surface area contributed by atoms with Crippen LogP contribution in [-0.4, -0.2) is 48.3 Å². The van der Waals surface area contributed by atoms with Gasteiger partial charge in [-0.05, 0) is 37.4 Å². The van der Waals surface area contributed by atoms with E-state index in [0.29, 0.717) is 31.7 Å². The van der Waals surface area contributed by atoms with Crippen molar-refractivity contribution in [1.29, 1.82) is 0 Å². The van der Waals surface area contributed by atoms with Gasteiger partial charge in [0.25, 0.3) is 5.91 Å². The molecule has 1 heterocycles. The van der Waals surface area contributed by atoms with Gasteiger partial charge in [-0.15, -0.1) is 11.8 Å². The molecule has 0 saturated carbocycles. The smallest absolute Gasteiger partial charge is 0.302 e. The van der Waals surface area contributed by atoms with Gasteiger partial charge in [0.1, 0.15) is 11.9 Å². The molecule has 0 aromatic heterocycles. The van der Waals surface area contributed by atoms with Crippen molar-refractivity contribution < 1.29 is 19.1 Å². The van der Waals surface area contributed by atoms with E-state index in [0.717, 1.165) is 4.90 Å². The van der Waals surface area contributed by atoms with Gasteiger partial charge >= 0.3 is 5.97 Å². The number of hydrogen-bond acceptors (Lipinski definition) is 5. The van der Waals surface area contributed by atoms with Crippen LogP contribution >= 0.6 is 11.8 Å². The highest BCUT2D eigenvalue weighted by Gasteiger charge is 2.28. The number of carbonyl (C=O) groups excluding carboxylic acids is 2. The molecule has 126 valence electrons. The van der Waals surface area contributed by atoms with Crippen LogP contribution < -0.4 is 4.74 Å².